The molecule has 0 aromatic heterocycles. The molecular weight excluding hydrogens is 977 g/mol. The lowest BCUT2D eigenvalue weighted by molar-refractivity contribution is -0.145. The van der Waals surface area contributed by atoms with Gasteiger partial charge in [0.2, 0.25) is 53.2 Å². The van der Waals surface area contributed by atoms with Crippen LogP contribution in [0.4, 0.5) is 0 Å². The summed E-state index contributed by atoms with van der Waals surface area (Å²) in [5.41, 5.74) is 28.4. The summed E-state index contributed by atoms with van der Waals surface area (Å²) in [7, 11) is 0. The maximum absolute atomic E-state index is 14.7. The van der Waals surface area contributed by atoms with Crippen LogP contribution in [0.3, 0.4) is 0 Å². The van der Waals surface area contributed by atoms with E-state index in [4.69, 9.17) is 33.8 Å². The Balaban J connectivity index is 1.56. The highest BCUT2D eigenvalue weighted by Crippen LogP contribution is 2.24. The Morgan fingerprint density at radius 3 is 1.61 bits per heavy atom. The number of hydrogen-bond acceptors (Lipinski definition) is 13. The van der Waals surface area contributed by atoms with Gasteiger partial charge in [0.15, 0.2) is 11.9 Å². The summed E-state index contributed by atoms with van der Waals surface area (Å²) < 4.78 is 0. The van der Waals surface area contributed by atoms with Crippen LogP contribution in [0.15, 0.2) is 40.3 Å². The molecule has 3 heterocycles. The first-order chi connectivity index (χ1) is 35.6. The molecule has 0 saturated carbocycles. The molecular formula is C48H76N16O11. The lowest BCUT2D eigenvalue weighted by atomic mass is 10.0. The molecule has 1 aromatic rings. The van der Waals surface area contributed by atoms with E-state index < -0.39 is 120 Å². The SMILES string of the molecule is CC(C)[C@H](NC(=O)[C@@H]1CCCN1C(=O)[C@H](Cc1ccccc1)NC(=O)[C@@H]1CCCN1C(=O)[C@H](CCCN=C(N)N)NC(=O)[C@H](CCCN=C(N)N)NC(=O)[C@H](C)NC(=O)[C@@H]1CCCN1C(=O)CN)C(=O)NCC(=O)O. The molecule has 3 saturated heterocycles. The average molecular weight is 1050 g/mol. The second-order valence-electron chi connectivity index (χ2n) is 19.2. The van der Waals surface area contributed by atoms with Gasteiger partial charge >= 0.3 is 5.97 Å². The fourth-order valence-corrected chi connectivity index (χ4v) is 9.31. The van der Waals surface area contributed by atoms with Crippen LogP contribution in [0.25, 0.3) is 0 Å². The van der Waals surface area contributed by atoms with Crippen molar-refractivity contribution in [2.75, 3.05) is 45.8 Å². The largest absolute Gasteiger partial charge is 0.480 e. The third-order valence-corrected chi connectivity index (χ3v) is 13.2. The molecule has 27 nitrogen and oxygen atoms in total. The summed E-state index contributed by atoms with van der Waals surface area (Å²) in [5, 5.41) is 25.0. The number of hydrogen-bond donors (Lipinski definition) is 12. The maximum atomic E-state index is 14.7. The molecule has 0 radical (unpaired) electrons. The lowest BCUT2D eigenvalue weighted by Gasteiger charge is -2.33. The fraction of sp³-hybridized carbons (Fsp3) is 0.625. The molecule has 3 aliphatic rings. The van der Waals surface area contributed by atoms with Gasteiger partial charge in [0, 0.05) is 39.1 Å². The van der Waals surface area contributed by atoms with Crippen LogP contribution < -0.4 is 60.6 Å². The minimum atomic E-state index is -1.29. The van der Waals surface area contributed by atoms with E-state index in [-0.39, 0.29) is 89.6 Å². The highest BCUT2D eigenvalue weighted by molar-refractivity contribution is 5.99. The van der Waals surface area contributed by atoms with Crippen LogP contribution >= 0.6 is 0 Å². The van der Waals surface area contributed by atoms with E-state index in [2.05, 4.69) is 41.9 Å². The highest BCUT2D eigenvalue weighted by Gasteiger charge is 2.43. The second-order valence-corrected chi connectivity index (χ2v) is 19.2. The minimum Gasteiger partial charge on any atom is -0.480 e. The first-order valence-corrected chi connectivity index (χ1v) is 25.4. The van der Waals surface area contributed by atoms with Crippen LogP contribution in [0.1, 0.15) is 90.5 Å². The van der Waals surface area contributed by atoms with Crippen LogP contribution in [0, 0.1) is 5.92 Å². The topological polar surface area (TPSA) is 428 Å². The second kappa shape index (κ2) is 29.3. The van der Waals surface area contributed by atoms with Gasteiger partial charge in [-0.3, -0.25) is 57.9 Å². The fourth-order valence-electron chi connectivity index (χ4n) is 9.31. The van der Waals surface area contributed by atoms with Gasteiger partial charge in [-0.05, 0) is 82.6 Å². The number of nitrogens with one attached hydrogen (secondary N) is 6. The molecule has 414 valence electrons. The molecule has 1 aromatic carbocycles. The smallest absolute Gasteiger partial charge is 0.322 e. The molecule has 3 fully saturated rings. The van der Waals surface area contributed by atoms with Crippen molar-refractivity contribution in [2.24, 2.45) is 44.6 Å². The van der Waals surface area contributed by atoms with Gasteiger partial charge in [-0.15, -0.1) is 0 Å². The molecule has 3 aliphatic heterocycles. The van der Waals surface area contributed by atoms with E-state index in [0.29, 0.717) is 37.8 Å². The number of likely N-dealkylation sites (tertiary alicyclic amines) is 3. The molecule has 75 heavy (non-hydrogen) atoms. The summed E-state index contributed by atoms with van der Waals surface area (Å²) in [6.07, 6.45) is 2.57. The standard InChI is InChI=1S/C48H76N16O11/c1-27(2)38(44(73)56-26-37(66)67)61-43(72)35-18-11-23-64(35)46(75)32(24-29-12-5-4-6-13-29)60-42(71)34-17-10-22-63(34)45(74)31(15-8-20-55-48(52)53)59-40(69)30(14-7-19-54-47(50)51)58-39(68)28(3)57-41(70)33-16-9-21-62(33)36(65)25-49/h4-6,12-13,27-28,30-35,38H,7-11,14-26,49H2,1-3H3,(H,56,73)(H,57,70)(H,58,68)(H,59,69)(H,60,71)(H,61,72)(H,66,67)(H4,50,51,54)(H4,52,53,55)/t28-,30-,31-,32-,33-,34-,35-,38-/m0/s1. The molecule has 4 rings (SSSR count). The Morgan fingerprint density at radius 2 is 1.09 bits per heavy atom. The van der Waals surface area contributed by atoms with E-state index in [9.17, 15) is 47.9 Å². The van der Waals surface area contributed by atoms with Gasteiger partial charge in [-0.25, -0.2) is 0 Å². The van der Waals surface area contributed by atoms with Crippen molar-refractivity contribution in [2.45, 2.75) is 140 Å². The number of carbonyl (C=O) groups excluding carboxylic acids is 9. The van der Waals surface area contributed by atoms with E-state index in [1.54, 1.807) is 44.2 Å². The van der Waals surface area contributed by atoms with Gasteiger partial charge < -0.3 is 80.4 Å². The monoisotopic (exact) mass is 1050 g/mol. The van der Waals surface area contributed by atoms with Gasteiger partial charge in [0.05, 0.1) is 6.54 Å². The van der Waals surface area contributed by atoms with Gasteiger partial charge in [-0.1, -0.05) is 44.2 Å². The first kappa shape index (κ1) is 60.0. The molecule has 8 atom stereocenters. The first-order valence-electron chi connectivity index (χ1n) is 25.4. The predicted molar refractivity (Wildman–Crippen MR) is 274 cm³/mol. The van der Waals surface area contributed by atoms with E-state index in [1.807, 2.05) is 0 Å². The van der Waals surface area contributed by atoms with Crippen molar-refractivity contribution >= 4 is 71.1 Å². The molecule has 0 aliphatic carbocycles. The predicted octanol–water partition coefficient (Wildman–Crippen LogP) is -4.43. The number of rotatable bonds is 27. The van der Waals surface area contributed by atoms with Crippen LogP contribution in [0.2, 0.25) is 0 Å². The number of carbonyl (C=O) groups is 10. The number of carboxylic acid groups (broad SMARTS) is 1. The summed E-state index contributed by atoms with van der Waals surface area (Å²) in [5.74, 6) is -7.80. The number of carboxylic acids is 1. The van der Waals surface area contributed by atoms with Gasteiger partial charge in [-0.2, -0.15) is 0 Å². The maximum Gasteiger partial charge on any atom is 0.322 e. The van der Waals surface area contributed by atoms with Gasteiger partial charge in [0.25, 0.3) is 0 Å². The molecule has 17 N–H and O–H groups in total. The van der Waals surface area contributed by atoms with Crippen molar-refractivity contribution in [3.05, 3.63) is 35.9 Å². The molecule has 0 unspecified atom stereocenters. The Morgan fingerprint density at radius 1 is 0.613 bits per heavy atom. The summed E-state index contributed by atoms with van der Waals surface area (Å²) in [6, 6.07) is -0.158. The third kappa shape index (κ3) is 18.1. The molecule has 0 spiro atoms. The number of benzene rings is 1. The van der Waals surface area contributed by atoms with Crippen LogP contribution in [-0.4, -0.2) is 185 Å². The summed E-state index contributed by atoms with van der Waals surface area (Å²) >= 11 is 0. The normalized spacial score (nSPS) is 19.1. The molecule has 27 heteroatoms. The Labute approximate surface area is 435 Å². The number of guanidine groups is 2. The Bertz CT molecular complexity index is 2260. The summed E-state index contributed by atoms with van der Waals surface area (Å²) in [6.45, 7) is 4.58. The number of aliphatic imine (C=N–C) groups is 2. The number of aliphatic carboxylic acids is 1. The van der Waals surface area contributed by atoms with Crippen molar-refractivity contribution in [1.82, 2.24) is 46.6 Å². The average Bonchev–Trinajstić information content (AvgIpc) is 4.18. The van der Waals surface area contributed by atoms with Crippen molar-refractivity contribution < 1.29 is 53.1 Å². The van der Waals surface area contributed by atoms with E-state index in [1.165, 1.54) is 21.6 Å². The zero-order valence-electron chi connectivity index (χ0n) is 43.0. The number of amides is 9. The Kier molecular flexibility index (Phi) is 23.5. The molecule has 9 amide bonds. The van der Waals surface area contributed by atoms with Crippen molar-refractivity contribution in [1.29, 1.82) is 0 Å². The lowest BCUT2D eigenvalue weighted by Crippen LogP contribution is -2.60. The van der Waals surface area contributed by atoms with Crippen LogP contribution in [0.5, 0.6) is 0 Å². The quantitative estimate of drug-likeness (QED) is 0.0225. The van der Waals surface area contributed by atoms with Crippen molar-refractivity contribution in [3.63, 3.8) is 0 Å². The Hall–Kier alpha value is -7.58. The van der Waals surface area contributed by atoms with E-state index in [0.717, 1.165) is 0 Å². The van der Waals surface area contributed by atoms with Gasteiger partial charge in [0.1, 0.15) is 54.9 Å². The summed E-state index contributed by atoms with van der Waals surface area (Å²) in [4.78, 5) is 147. The zero-order chi connectivity index (χ0) is 55.4. The number of nitrogens with two attached hydrogens (primary N) is 5. The highest BCUT2D eigenvalue weighted by atomic mass is 16.4. The zero-order valence-corrected chi connectivity index (χ0v) is 43.0. The minimum absolute atomic E-state index is 0.0121. The molecule has 0 bridgehead atoms. The van der Waals surface area contributed by atoms with E-state index >= 15 is 0 Å². The van der Waals surface area contributed by atoms with Crippen LogP contribution in [-0.2, 0) is 54.4 Å². The third-order valence-electron chi connectivity index (χ3n) is 13.2. The van der Waals surface area contributed by atoms with Crippen molar-refractivity contribution in [3.8, 4) is 0 Å². The number of nitrogens with zero attached hydrogens (tertiary/aromatic N) is 5.